The van der Waals surface area contributed by atoms with Gasteiger partial charge in [-0.25, -0.2) is 0 Å². The largest absolute Gasteiger partial charge is 0.393 e. The summed E-state index contributed by atoms with van der Waals surface area (Å²) in [5.41, 5.74) is -0.341. The SMILES string of the molecule is C[C@H](O)CC(C)(C)CNC(=O)[C@H]1CCCC[C@H]1C(F)(F)F. The van der Waals surface area contributed by atoms with E-state index in [1.165, 1.54) is 0 Å². The molecule has 6 heteroatoms. The minimum atomic E-state index is -4.31. The van der Waals surface area contributed by atoms with E-state index in [4.69, 9.17) is 0 Å². The first-order chi connectivity index (χ1) is 9.53. The van der Waals surface area contributed by atoms with E-state index in [0.717, 1.165) is 0 Å². The number of aliphatic hydroxyl groups is 1. The Morgan fingerprint density at radius 1 is 1.29 bits per heavy atom. The fourth-order valence-electron chi connectivity index (χ4n) is 3.17. The molecule has 3 nitrogen and oxygen atoms in total. The molecule has 0 heterocycles. The molecule has 0 radical (unpaired) electrons. The first-order valence-electron chi connectivity index (χ1n) is 7.55. The van der Waals surface area contributed by atoms with Crippen molar-refractivity contribution in [2.75, 3.05) is 6.54 Å². The summed E-state index contributed by atoms with van der Waals surface area (Å²) >= 11 is 0. The second-order valence-electron chi connectivity index (χ2n) is 6.97. The Hall–Kier alpha value is -0.780. The first kappa shape index (κ1) is 18.3. The fourth-order valence-corrected chi connectivity index (χ4v) is 3.17. The zero-order valence-electron chi connectivity index (χ0n) is 13.0. The first-order valence-corrected chi connectivity index (χ1v) is 7.55. The van der Waals surface area contributed by atoms with Gasteiger partial charge in [-0.15, -0.1) is 0 Å². The van der Waals surface area contributed by atoms with Crippen LogP contribution in [0.4, 0.5) is 13.2 Å². The maximum atomic E-state index is 13.0. The minimum absolute atomic E-state index is 0.0403. The summed E-state index contributed by atoms with van der Waals surface area (Å²) in [6.07, 6.45) is -2.79. The van der Waals surface area contributed by atoms with Crippen LogP contribution in [0.5, 0.6) is 0 Å². The highest BCUT2D eigenvalue weighted by atomic mass is 19.4. The van der Waals surface area contributed by atoms with Crippen LogP contribution in [0.15, 0.2) is 0 Å². The van der Waals surface area contributed by atoms with Gasteiger partial charge in [0, 0.05) is 12.5 Å². The molecule has 0 aromatic carbocycles. The molecule has 3 atom stereocenters. The number of carbonyl (C=O) groups is 1. The molecule has 1 saturated carbocycles. The highest BCUT2D eigenvalue weighted by molar-refractivity contribution is 5.79. The van der Waals surface area contributed by atoms with Crippen molar-refractivity contribution in [1.29, 1.82) is 0 Å². The summed E-state index contributed by atoms with van der Waals surface area (Å²) in [5.74, 6) is -3.00. The van der Waals surface area contributed by atoms with Gasteiger partial charge in [0.25, 0.3) is 0 Å². The Labute approximate surface area is 124 Å². The van der Waals surface area contributed by atoms with Crippen LogP contribution in [0.3, 0.4) is 0 Å². The second-order valence-corrected chi connectivity index (χ2v) is 6.97. The van der Waals surface area contributed by atoms with Crippen molar-refractivity contribution >= 4 is 5.91 Å². The third-order valence-electron chi connectivity index (χ3n) is 4.11. The normalized spacial score (nSPS) is 25.5. The highest BCUT2D eigenvalue weighted by Gasteiger charge is 2.48. The molecule has 0 aliphatic heterocycles. The second kappa shape index (κ2) is 6.99. The van der Waals surface area contributed by atoms with Gasteiger partial charge in [0.2, 0.25) is 5.91 Å². The van der Waals surface area contributed by atoms with Crippen molar-refractivity contribution in [1.82, 2.24) is 5.32 Å². The molecule has 1 amide bonds. The van der Waals surface area contributed by atoms with Crippen molar-refractivity contribution in [3.05, 3.63) is 0 Å². The molecule has 0 aromatic rings. The number of alkyl halides is 3. The smallest absolute Gasteiger partial charge is 0.392 e. The van der Waals surface area contributed by atoms with E-state index in [1.54, 1.807) is 6.92 Å². The summed E-state index contributed by atoms with van der Waals surface area (Å²) in [5, 5.41) is 12.0. The lowest BCUT2D eigenvalue weighted by Crippen LogP contribution is -2.45. The van der Waals surface area contributed by atoms with Crippen molar-refractivity contribution in [3.63, 3.8) is 0 Å². The van der Waals surface area contributed by atoms with Crippen LogP contribution < -0.4 is 5.32 Å². The number of rotatable bonds is 5. The average molecular weight is 309 g/mol. The molecule has 21 heavy (non-hydrogen) atoms. The van der Waals surface area contributed by atoms with Gasteiger partial charge in [0.05, 0.1) is 12.0 Å². The number of nitrogens with one attached hydrogen (secondary N) is 1. The number of carbonyl (C=O) groups excluding carboxylic acids is 1. The molecule has 0 aromatic heterocycles. The summed E-state index contributed by atoms with van der Waals surface area (Å²) < 4.78 is 39.0. The van der Waals surface area contributed by atoms with Crippen LogP contribution in [0, 0.1) is 17.3 Å². The van der Waals surface area contributed by atoms with Crippen molar-refractivity contribution in [3.8, 4) is 0 Å². The quantitative estimate of drug-likeness (QED) is 0.819. The molecular formula is C15H26F3NO2. The van der Waals surface area contributed by atoms with Crippen LogP contribution in [-0.2, 0) is 4.79 Å². The van der Waals surface area contributed by atoms with Crippen LogP contribution in [-0.4, -0.2) is 29.8 Å². The van der Waals surface area contributed by atoms with Gasteiger partial charge in [-0.05, 0) is 31.6 Å². The van der Waals surface area contributed by atoms with Gasteiger partial charge in [-0.1, -0.05) is 26.7 Å². The predicted octanol–water partition coefficient (Wildman–Crippen LogP) is 3.27. The van der Waals surface area contributed by atoms with Gasteiger partial charge in [0.15, 0.2) is 0 Å². The zero-order chi connectivity index (χ0) is 16.3. The molecule has 0 saturated heterocycles. The van der Waals surface area contributed by atoms with Gasteiger partial charge >= 0.3 is 6.18 Å². The topological polar surface area (TPSA) is 49.3 Å². The van der Waals surface area contributed by atoms with Crippen LogP contribution >= 0.6 is 0 Å². The summed E-state index contributed by atoms with van der Waals surface area (Å²) in [6.45, 7) is 5.69. The van der Waals surface area contributed by atoms with Crippen LogP contribution in [0.1, 0.15) is 52.9 Å². The summed E-state index contributed by atoms with van der Waals surface area (Å²) in [6, 6.07) is 0. The number of halogens is 3. The van der Waals surface area contributed by atoms with Crippen LogP contribution in [0.2, 0.25) is 0 Å². The third-order valence-corrected chi connectivity index (χ3v) is 4.11. The maximum Gasteiger partial charge on any atom is 0.392 e. The average Bonchev–Trinajstić information content (AvgIpc) is 2.33. The van der Waals surface area contributed by atoms with E-state index >= 15 is 0 Å². The van der Waals surface area contributed by atoms with E-state index in [1.807, 2.05) is 13.8 Å². The molecule has 0 bridgehead atoms. The highest BCUT2D eigenvalue weighted by Crippen LogP contribution is 2.41. The molecule has 0 spiro atoms. The van der Waals surface area contributed by atoms with E-state index in [-0.39, 0.29) is 18.4 Å². The van der Waals surface area contributed by atoms with Crippen molar-refractivity contribution < 1.29 is 23.1 Å². The van der Waals surface area contributed by atoms with E-state index < -0.39 is 30.0 Å². The molecule has 1 aliphatic rings. The Morgan fingerprint density at radius 3 is 2.38 bits per heavy atom. The third kappa shape index (κ3) is 5.85. The van der Waals surface area contributed by atoms with E-state index in [0.29, 0.717) is 25.7 Å². The lowest BCUT2D eigenvalue weighted by atomic mass is 9.78. The molecular weight excluding hydrogens is 283 g/mol. The number of aliphatic hydroxyl groups excluding tert-OH is 1. The number of amides is 1. The van der Waals surface area contributed by atoms with Crippen LogP contribution in [0.25, 0.3) is 0 Å². The predicted molar refractivity (Wildman–Crippen MR) is 74.6 cm³/mol. The van der Waals surface area contributed by atoms with Gasteiger partial charge in [-0.3, -0.25) is 4.79 Å². The number of hydrogen-bond acceptors (Lipinski definition) is 2. The molecule has 1 rings (SSSR count). The standard InChI is InChI=1S/C15H26F3NO2/c1-10(20)8-14(2,3)9-19-13(21)11-6-4-5-7-12(11)15(16,17)18/h10-12,20H,4-9H2,1-3H3,(H,19,21)/t10-,11-,12+/m0/s1. The molecule has 1 aliphatic carbocycles. The van der Waals surface area contributed by atoms with Crippen molar-refractivity contribution in [2.24, 2.45) is 17.3 Å². The molecule has 124 valence electrons. The van der Waals surface area contributed by atoms with Gasteiger partial charge in [-0.2, -0.15) is 13.2 Å². The van der Waals surface area contributed by atoms with Gasteiger partial charge < -0.3 is 10.4 Å². The molecule has 2 N–H and O–H groups in total. The van der Waals surface area contributed by atoms with E-state index in [9.17, 15) is 23.1 Å². The summed E-state index contributed by atoms with van der Waals surface area (Å²) in [7, 11) is 0. The van der Waals surface area contributed by atoms with Gasteiger partial charge in [0.1, 0.15) is 0 Å². The minimum Gasteiger partial charge on any atom is -0.393 e. The molecule has 0 unspecified atom stereocenters. The Morgan fingerprint density at radius 2 is 1.86 bits per heavy atom. The number of hydrogen-bond donors (Lipinski definition) is 2. The van der Waals surface area contributed by atoms with Crippen molar-refractivity contribution in [2.45, 2.75) is 65.2 Å². The lowest BCUT2D eigenvalue weighted by molar-refractivity contribution is -0.198. The molecule has 1 fully saturated rings. The fraction of sp³-hybridized carbons (Fsp3) is 0.933. The van der Waals surface area contributed by atoms with E-state index in [2.05, 4.69) is 5.32 Å². The Balaban J connectivity index is 2.61. The maximum absolute atomic E-state index is 13.0. The Kier molecular flexibility index (Phi) is 6.08. The Bertz CT molecular complexity index is 353. The lowest BCUT2D eigenvalue weighted by Gasteiger charge is -2.33. The zero-order valence-corrected chi connectivity index (χ0v) is 13.0. The monoisotopic (exact) mass is 309 g/mol. The summed E-state index contributed by atoms with van der Waals surface area (Å²) in [4.78, 5) is 12.1.